The van der Waals surface area contributed by atoms with Crippen LogP contribution in [-0.2, 0) is 6.42 Å². The van der Waals surface area contributed by atoms with E-state index in [0.717, 1.165) is 12.8 Å². The van der Waals surface area contributed by atoms with Gasteiger partial charge in [-0.3, -0.25) is 11.3 Å². The number of hydrazine groups is 1. The number of nitrogens with one attached hydrogen (secondary N) is 1. The highest BCUT2D eigenvalue weighted by molar-refractivity contribution is 5.15. The Hall–Kier alpha value is -0.900. The lowest BCUT2D eigenvalue weighted by molar-refractivity contribution is 0.100. The van der Waals surface area contributed by atoms with E-state index in [9.17, 15) is 0 Å². The summed E-state index contributed by atoms with van der Waals surface area (Å²) in [6.07, 6.45) is 7.33. The van der Waals surface area contributed by atoms with Crippen LogP contribution in [0, 0.1) is 0 Å². The number of rotatable bonds is 6. The lowest BCUT2D eigenvalue weighted by Gasteiger charge is -2.43. The molecule has 106 valence electrons. The van der Waals surface area contributed by atoms with Gasteiger partial charge >= 0.3 is 0 Å². The maximum Gasteiger partial charge on any atom is 0.0397 e. The van der Waals surface area contributed by atoms with E-state index in [1.165, 1.54) is 31.2 Å². The van der Waals surface area contributed by atoms with E-state index in [1.807, 2.05) is 0 Å². The molecule has 0 amide bonds. The SMILES string of the molecule is CN(C)C1(C(CCc2ccccc2)NN)CCCC1. The first-order valence-electron chi connectivity index (χ1n) is 7.36. The Morgan fingerprint density at radius 3 is 2.37 bits per heavy atom. The summed E-state index contributed by atoms with van der Waals surface area (Å²) >= 11 is 0. The van der Waals surface area contributed by atoms with Crippen molar-refractivity contribution in [1.29, 1.82) is 0 Å². The van der Waals surface area contributed by atoms with Crippen LogP contribution in [0.25, 0.3) is 0 Å². The van der Waals surface area contributed by atoms with E-state index in [-0.39, 0.29) is 5.54 Å². The molecule has 0 spiro atoms. The van der Waals surface area contributed by atoms with Crippen LogP contribution in [0.5, 0.6) is 0 Å². The molecule has 0 aromatic heterocycles. The van der Waals surface area contributed by atoms with Crippen LogP contribution in [0.1, 0.15) is 37.7 Å². The standard InChI is InChI=1S/C16H27N3/c1-19(2)16(12-6-7-13-16)15(18-17)11-10-14-8-4-3-5-9-14/h3-5,8-9,15,18H,6-7,10-13,17H2,1-2H3. The van der Waals surface area contributed by atoms with Crippen molar-refractivity contribution in [1.82, 2.24) is 10.3 Å². The third kappa shape index (κ3) is 3.16. The number of hydrogen-bond donors (Lipinski definition) is 2. The third-order valence-corrected chi connectivity index (χ3v) is 4.77. The largest absolute Gasteiger partial charge is 0.302 e. The summed E-state index contributed by atoms with van der Waals surface area (Å²) in [5, 5.41) is 0. The van der Waals surface area contributed by atoms with Gasteiger partial charge in [0.15, 0.2) is 0 Å². The molecule has 19 heavy (non-hydrogen) atoms. The number of aryl methyl sites for hydroxylation is 1. The van der Waals surface area contributed by atoms with Crippen molar-refractivity contribution < 1.29 is 0 Å². The Kier molecular flexibility index (Phi) is 4.97. The molecule has 1 unspecified atom stereocenters. The summed E-state index contributed by atoms with van der Waals surface area (Å²) in [5.41, 5.74) is 4.73. The van der Waals surface area contributed by atoms with Gasteiger partial charge in [0, 0.05) is 11.6 Å². The first kappa shape index (κ1) is 14.5. The summed E-state index contributed by atoms with van der Waals surface area (Å²) in [4.78, 5) is 2.38. The molecule has 1 aliphatic carbocycles. The Bertz CT molecular complexity index is 369. The summed E-state index contributed by atoms with van der Waals surface area (Å²) < 4.78 is 0. The molecule has 1 aliphatic rings. The molecule has 0 saturated heterocycles. The average molecular weight is 261 g/mol. The highest BCUT2D eigenvalue weighted by atomic mass is 15.3. The smallest absolute Gasteiger partial charge is 0.0397 e. The minimum absolute atomic E-state index is 0.240. The highest BCUT2D eigenvalue weighted by Gasteiger charge is 2.42. The van der Waals surface area contributed by atoms with E-state index in [4.69, 9.17) is 5.84 Å². The molecule has 1 saturated carbocycles. The molecule has 1 fully saturated rings. The molecule has 3 nitrogen and oxygen atoms in total. The monoisotopic (exact) mass is 261 g/mol. The van der Waals surface area contributed by atoms with Crippen molar-refractivity contribution in [2.75, 3.05) is 14.1 Å². The molecular weight excluding hydrogens is 234 g/mol. The van der Waals surface area contributed by atoms with Crippen LogP contribution in [-0.4, -0.2) is 30.6 Å². The van der Waals surface area contributed by atoms with Crippen LogP contribution < -0.4 is 11.3 Å². The number of nitrogens with zero attached hydrogens (tertiary/aromatic N) is 1. The molecule has 2 rings (SSSR count). The molecule has 3 heteroatoms. The van der Waals surface area contributed by atoms with Crippen LogP contribution in [0.4, 0.5) is 0 Å². The molecular formula is C16H27N3. The molecule has 1 aromatic carbocycles. The predicted molar refractivity (Wildman–Crippen MR) is 80.8 cm³/mol. The normalized spacial score (nSPS) is 19.8. The van der Waals surface area contributed by atoms with Crippen LogP contribution in [0.15, 0.2) is 30.3 Å². The summed E-state index contributed by atoms with van der Waals surface area (Å²) in [6, 6.07) is 11.1. The van der Waals surface area contributed by atoms with Gasteiger partial charge in [0.25, 0.3) is 0 Å². The Labute approximate surface area is 117 Å². The van der Waals surface area contributed by atoms with E-state index in [2.05, 4.69) is 54.8 Å². The number of benzene rings is 1. The van der Waals surface area contributed by atoms with E-state index < -0.39 is 0 Å². The van der Waals surface area contributed by atoms with Gasteiger partial charge in [0.2, 0.25) is 0 Å². The number of nitrogens with two attached hydrogens (primary N) is 1. The molecule has 0 aliphatic heterocycles. The van der Waals surface area contributed by atoms with E-state index >= 15 is 0 Å². The van der Waals surface area contributed by atoms with Gasteiger partial charge in [0.05, 0.1) is 0 Å². The van der Waals surface area contributed by atoms with Crippen molar-refractivity contribution in [3.63, 3.8) is 0 Å². The van der Waals surface area contributed by atoms with Crippen LogP contribution in [0.2, 0.25) is 0 Å². The third-order valence-electron chi connectivity index (χ3n) is 4.77. The first-order chi connectivity index (χ1) is 9.19. The fraction of sp³-hybridized carbons (Fsp3) is 0.625. The minimum Gasteiger partial charge on any atom is -0.302 e. The zero-order valence-electron chi connectivity index (χ0n) is 12.2. The zero-order chi connectivity index (χ0) is 13.7. The maximum absolute atomic E-state index is 5.86. The van der Waals surface area contributed by atoms with E-state index in [1.54, 1.807) is 0 Å². The molecule has 3 N–H and O–H groups in total. The van der Waals surface area contributed by atoms with Gasteiger partial charge < -0.3 is 4.90 Å². The fourth-order valence-corrected chi connectivity index (χ4v) is 3.56. The summed E-state index contributed by atoms with van der Waals surface area (Å²) in [7, 11) is 4.39. The van der Waals surface area contributed by atoms with Gasteiger partial charge in [-0.2, -0.15) is 0 Å². The lowest BCUT2D eigenvalue weighted by Crippen LogP contribution is -2.59. The molecule has 1 aromatic rings. The second-order valence-corrected chi connectivity index (χ2v) is 5.95. The van der Waals surface area contributed by atoms with Gasteiger partial charge in [-0.1, -0.05) is 43.2 Å². The Balaban J connectivity index is 2.03. The van der Waals surface area contributed by atoms with Gasteiger partial charge in [0.1, 0.15) is 0 Å². The first-order valence-corrected chi connectivity index (χ1v) is 7.36. The second kappa shape index (κ2) is 6.51. The average Bonchev–Trinajstić information content (AvgIpc) is 2.91. The van der Waals surface area contributed by atoms with Crippen molar-refractivity contribution >= 4 is 0 Å². The highest BCUT2D eigenvalue weighted by Crippen LogP contribution is 2.37. The van der Waals surface area contributed by atoms with Crippen molar-refractivity contribution in [2.24, 2.45) is 5.84 Å². The number of likely N-dealkylation sites (N-methyl/N-ethyl adjacent to an activating group) is 1. The summed E-state index contributed by atoms with van der Waals surface area (Å²) in [5.74, 6) is 5.86. The Morgan fingerprint density at radius 2 is 1.84 bits per heavy atom. The van der Waals surface area contributed by atoms with Crippen molar-refractivity contribution in [2.45, 2.75) is 50.1 Å². The lowest BCUT2D eigenvalue weighted by atomic mass is 9.83. The zero-order valence-corrected chi connectivity index (χ0v) is 12.2. The van der Waals surface area contributed by atoms with Crippen LogP contribution in [0.3, 0.4) is 0 Å². The molecule has 1 atom stereocenters. The van der Waals surface area contributed by atoms with Gasteiger partial charge in [-0.05, 0) is 45.3 Å². The van der Waals surface area contributed by atoms with Gasteiger partial charge in [-0.15, -0.1) is 0 Å². The number of hydrogen-bond acceptors (Lipinski definition) is 3. The Morgan fingerprint density at radius 1 is 1.21 bits per heavy atom. The molecule has 0 heterocycles. The van der Waals surface area contributed by atoms with Crippen molar-refractivity contribution in [3.8, 4) is 0 Å². The van der Waals surface area contributed by atoms with Crippen LogP contribution >= 0.6 is 0 Å². The summed E-state index contributed by atoms with van der Waals surface area (Å²) in [6.45, 7) is 0. The van der Waals surface area contributed by atoms with E-state index in [0.29, 0.717) is 6.04 Å². The quantitative estimate of drug-likeness (QED) is 0.610. The molecule has 0 radical (unpaired) electrons. The second-order valence-electron chi connectivity index (χ2n) is 5.95. The predicted octanol–water partition coefficient (Wildman–Crippen LogP) is 2.33. The topological polar surface area (TPSA) is 41.3 Å². The fourth-order valence-electron chi connectivity index (χ4n) is 3.56. The minimum atomic E-state index is 0.240. The maximum atomic E-state index is 5.86. The van der Waals surface area contributed by atoms with Crippen molar-refractivity contribution in [3.05, 3.63) is 35.9 Å². The van der Waals surface area contributed by atoms with Gasteiger partial charge in [-0.25, -0.2) is 0 Å². The molecule has 0 bridgehead atoms.